The van der Waals surface area contributed by atoms with Crippen LogP contribution in [0.3, 0.4) is 0 Å². The molecule has 3 aromatic carbocycles. The Morgan fingerprint density at radius 1 is 0.676 bits per heavy atom. The highest BCUT2D eigenvalue weighted by Gasteiger charge is 2.13. The first kappa shape index (κ1) is 28.2. The third kappa shape index (κ3) is 9.21. The van der Waals surface area contributed by atoms with Crippen molar-refractivity contribution >= 4 is 5.97 Å². The molecule has 3 nitrogen and oxygen atoms in total. The van der Waals surface area contributed by atoms with Crippen molar-refractivity contribution in [2.75, 3.05) is 0 Å². The first-order valence-corrected chi connectivity index (χ1v) is 14.1. The van der Waals surface area contributed by atoms with Crippen molar-refractivity contribution in [1.82, 2.24) is 0 Å². The molecule has 3 rings (SSSR count). The van der Waals surface area contributed by atoms with Gasteiger partial charge in [0, 0.05) is 0 Å². The SMILES string of the molecule is CCCCCCCCc1ccc(OC(=O)c2ccc(-c3ccc(CCCCCC)cc3)cc2)c(C#N)c1. The Morgan fingerprint density at radius 3 is 1.81 bits per heavy atom. The van der Waals surface area contributed by atoms with Crippen LogP contribution in [-0.4, -0.2) is 5.97 Å². The Balaban J connectivity index is 1.55. The molecule has 3 aromatic rings. The largest absolute Gasteiger partial charge is 0.422 e. The highest BCUT2D eigenvalue weighted by molar-refractivity contribution is 5.92. The molecule has 0 spiro atoms. The zero-order valence-corrected chi connectivity index (χ0v) is 22.6. The number of nitrogens with zero attached hydrogens (tertiary/aromatic N) is 1. The summed E-state index contributed by atoms with van der Waals surface area (Å²) < 4.78 is 5.60. The molecule has 0 N–H and O–H groups in total. The van der Waals surface area contributed by atoms with Crippen LogP contribution in [0.5, 0.6) is 5.75 Å². The maximum absolute atomic E-state index is 12.8. The number of rotatable bonds is 15. The first-order valence-electron chi connectivity index (χ1n) is 14.1. The van der Waals surface area contributed by atoms with Gasteiger partial charge in [0.15, 0.2) is 0 Å². The fourth-order valence-corrected chi connectivity index (χ4v) is 4.60. The summed E-state index contributed by atoms with van der Waals surface area (Å²) in [4.78, 5) is 12.8. The molecule has 0 aromatic heterocycles. The summed E-state index contributed by atoms with van der Waals surface area (Å²) in [6.45, 7) is 4.46. The van der Waals surface area contributed by atoms with Crippen molar-refractivity contribution < 1.29 is 9.53 Å². The van der Waals surface area contributed by atoms with Gasteiger partial charge in [-0.1, -0.05) is 108 Å². The number of nitriles is 1. The summed E-state index contributed by atoms with van der Waals surface area (Å²) in [5, 5.41) is 9.61. The monoisotopic (exact) mass is 495 g/mol. The summed E-state index contributed by atoms with van der Waals surface area (Å²) in [7, 11) is 0. The Morgan fingerprint density at radius 2 is 1.19 bits per heavy atom. The van der Waals surface area contributed by atoms with Gasteiger partial charge in [0.1, 0.15) is 11.8 Å². The molecular weight excluding hydrogens is 454 g/mol. The van der Waals surface area contributed by atoms with Crippen molar-refractivity contribution in [3.63, 3.8) is 0 Å². The minimum Gasteiger partial charge on any atom is -0.422 e. The molecule has 3 heteroatoms. The standard InChI is InChI=1S/C34H41NO2/c1-3-5-7-9-10-12-14-28-17-24-33(32(25-28)26-35)37-34(36)31-22-20-30(21-23-31)29-18-15-27(16-19-29)13-11-8-6-4-2/h15-25H,3-14H2,1-2H3. The second-order valence-electron chi connectivity index (χ2n) is 9.93. The van der Waals surface area contributed by atoms with Gasteiger partial charge < -0.3 is 4.74 Å². The molecule has 0 heterocycles. The number of carbonyl (C=O) groups is 1. The summed E-state index contributed by atoms with van der Waals surface area (Å²) in [5.41, 5.74) is 5.55. The minimum absolute atomic E-state index is 0.317. The summed E-state index contributed by atoms with van der Waals surface area (Å²) in [6.07, 6.45) is 14.6. The molecular formula is C34H41NO2. The molecule has 194 valence electrons. The number of hydrogen-bond acceptors (Lipinski definition) is 3. The van der Waals surface area contributed by atoms with E-state index in [-0.39, 0.29) is 0 Å². The number of ether oxygens (including phenoxy) is 1. The number of benzene rings is 3. The smallest absolute Gasteiger partial charge is 0.343 e. The fourth-order valence-electron chi connectivity index (χ4n) is 4.60. The van der Waals surface area contributed by atoms with Crippen LogP contribution >= 0.6 is 0 Å². The summed E-state index contributed by atoms with van der Waals surface area (Å²) >= 11 is 0. The van der Waals surface area contributed by atoms with Gasteiger partial charge >= 0.3 is 5.97 Å². The van der Waals surface area contributed by atoms with E-state index in [0.29, 0.717) is 16.9 Å². The molecule has 0 unspecified atom stereocenters. The molecule has 0 aliphatic heterocycles. The maximum Gasteiger partial charge on any atom is 0.343 e. The number of esters is 1. The van der Waals surface area contributed by atoms with Crippen molar-refractivity contribution in [2.45, 2.75) is 90.9 Å². The molecule has 0 radical (unpaired) electrons. The van der Waals surface area contributed by atoms with Crippen LogP contribution < -0.4 is 4.74 Å². The quantitative estimate of drug-likeness (QED) is 0.120. The van der Waals surface area contributed by atoms with E-state index in [9.17, 15) is 10.1 Å². The second kappa shape index (κ2) is 15.7. The minimum atomic E-state index is -0.450. The topological polar surface area (TPSA) is 50.1 Å². The van der Waals surface area contributed by atoms with Gasteiger partial charge in [-0.3, -0.25) is 0 Å². The highest BCUT2D eigenvalue weighted by Crippen LogP contribution is 2.24. The number of hydrogen-bond donors (Lipinski definition) is 0. The van der Waals surface area contributed by atoms with Crippen LogP contribution in [0.1, 0.15) is 105 Å². The molecule has 0 aliphatic carbocycles. The van der Waals surface area contributed by atoms with Crippen molar-refractivity contribution in [1.29, 1.82) is 5.26 Å². The van der Waals surface area contributed by atoms with Crippen LogP contribution in [0, 0.1) is 11.3 Å². The summed E-state index contributed by atoms with van der Waals surface area (Å²) in [6, 6.07) is 23.9. The van der Waals surface area contributed by atoms with E-state index in [4.69, 9.17) is 4.74 Å². The van der Waals surface area contributed by atoms with Gasteiger partial charge in [-0.15, -0.1) is 0 Å². The van der Waals surface area contributed by atoms with Crippen molar-refractivity contribution in [3.05, 3.63) is 89.0 Å². The molecule has 0 saturated heterocycles. The zero-order valence-electron chi connectivity index (χ0n) is 22.6. The van der Waals surface area contributed by atoms with Gasteiger partial charge in [0.05, 0.1) is 11.1 Å². The molecule has 0 saturated carbocycles. The first-order chi connectivity index (χ1) is 18.1. The molecule has 0 atom stereocenters. The highest BCUT2D eigenvalue weighted by atomic mass is 16.5. The molecule has 0 amide bonds. The summed E-state index contributed by atoms with van der Waals surface area (Å²) in [5.74, 6) is -0.132. The Bertz CT molecular complexity index is 1140. The van der Waals surface area contributed by atoms with Crippen LogP contribution in [0.25, 0.3) is 11.1 Å². The Hall–Kier alpha value is -3.38. The molecule has 0 fully saturated rings. The predicted octanol–water partition coefficient (Wildman–Crippen LogP) is 9.47. The number of aryl methyl sites for hydroxylation is 2. The van der Waals surface area contributed by atoms with Gasteiger partial charge in [0.2, 0.25) is 0 Å². The predicted molar refractivity (Wildman–Crippen MR) is 153 cm³/mol. The van der Waals surface area contributed by atoms with Crippen LogP contribution in [0.2, 0.25) is 0 Å². The Labute approximate surface area is 223 Å². The van der Waals surface area contributed by atoms with E-state index >= 15 is 0 Å². The van der Waals surface area contributed by atoms with Gasteiger partial charge in [-0.2, -0.15) is 5.26 Å². The van der Waals surface area contributed by atoms with Gasteiger partial charge in [0.25, 0.3) is 0 Å². The molecule has 0 aliphatic rings. The van der Waals surface area contributed by atoms with Gasteiger partial charge in [-0.05, 0) is 72.2 Å². The second-order valence-corrected chi connectivity index (χ2v) is 9.93. The average Bonchev–Trinajstić information content (AvgIpc) is 2.94. The normalized spacial score (nSPS) is 10.7. The van der Waals surface area contributed by atoms with Crippen LogP contribution in [0.15, 0.2) is 66.7 Å². The fraction of sp³-hybridized carbons (Fsp3) is 0.412. The average molecular weight is 496 g/mol. The zero-order chi connectivity index (χ0) is 26.3. The number of unbranched alkanes of at least 4 members (excludes halogenated alkanes) is 8. The lowest BCUT2D eigenvalue weighted by molar-refractivity contribution is 0.0734. The van der Waals surface area contributed by atoms with E-state index in [1.54, 1.807) is 18.2 Å². The van der Waals surface area contributed by atoms with E-state index in [1.165, 1.54) is 63.4 Å². The lowest BCUT2D eigenvalue weighted by Gasteiger charge is -2.09. The number of carbonyl (C=O) groups excluding carboxylic acids is 1. The lowest BCUT2D eigenvalue weighted by atomic mass is 10.0. The third-order valence-electron chi connectivity index (χ3n) is 6.91. The maximum atomic E-state index is 12.8. The molecule has 37 heavy (non-hydrogen) atoms. The lowest BCUT2D eigenvalue weighted by Crippen LogP contribution is -2.09. The third-order valence-corrected chi connectivity index (χ3v) is 6.91. The van der Waals surface area contributed by atoms with E-state index < -0.39 is 5.97 Å². The van der Waals surface area contributed by atoms with E-state index in [0.717, 1.165) is 36.0 Å². The van der Waals surface area contributed by atoms with E-state index in [2.05, 4.69) is 44.2 Å². The van der Waals surface area contributed by atoms with Crippen molar-refractivity contribution in [3.8, 4) is 22.9 Å². The van der Waals surface area contributed by atoms with Crippen LogP contribution in [0.4, 0.5) is 0 Å². The Kier molecular flexibility index (Phi) is 11.9. The van der Waals surface area contributed by atoms with Crippen molar-refractivity contribution in [2.24, 2.45) is 0 Å². The molecule has 0 bridgehead atoms. The van der Waals surface area contributed by atoms with Crippen LogP contribution in [-0.2, 0) is 12.8 Å². The van der Waals surface area contributed by atoms with E-state index in [1.807, 2.05) is 24.3 Å². The van der Waals surface area contributed by atoms with Gasteiger partial charge in [-0.25, -0.2) is 4.79 Å².